The summed E-state index contributed by atoms with van der Waals surface area (Å²) in [6.07, 6.45) is 0.846. The normalized spacial score (nSPS) is 10.8. The lowest BCUT2D eigenvalue weighted by Crippen LogP contribution is -2.13. The van der Waals surface area contributed by atoms with Gasteiger partial charge >= 0.3 is 0 Å². The van der Waals surface area contributed by atoms with Gasteiger partial charge in [-0.1, -0.05) is 55.5 Å². The largest absolute Gasteiger partial charge is 0.489 e. The number of ether oxygens (including phenoxy) is 1. The molecule has 1 aromatic heterocycles. The molecule has 1 heterocycles. The molecule has 1 N–H and O–H groups in total. The molecule has 0 aliphatic heterocycles. The van der Waals surface area contributed by atoms with Crippen molar-refractivity contribution in [1.29, 1.82) is 0 Å². The highest BCUT2D eigenvalue weighted by molar-refractivity contribution is 6.13. The van der Waals surface area contributed by atoms with Gasteiger partial charge in [-0.3, -0.25) is 4.79 Å². The minimum Gasteiger partial charge on any atom is -0.489 e. The summed E-state index contributed by atoms with van der Waals surface area (Å²) in [7, 11) is 0. The summed E-state index contributed by atoms with van der Waals surface area (Å²) < 4.78 is 11.7. The van der Waals surface area contributed by atoms with Crippen molar-refractivity contribution in [2.24, 2.45) is 0 Å². The molecule has 1 amide bonds. The van der Waals surface area contributed by atoms with E-state index in [1.54, 1.807) is 0 Å². The quantitative estimate of drug-likeness (QED) is 0.434. The fourth-order valence-electron chi connectivity index (χ4n) is 3.45. The third-order valence-electron chi connectivity index (χ3n) is 4.96. The average Bonchev–Trinajstić information content (AvgIpc) is 3.08. The zero-order valence-electron chi connectivity index (χ0n) is 16.6. The maximum Gasteiger partial charge on any atom is 0.259 e. The number of amides is 1. The molecule has 4 nitrogen and oxygen atoms in total. The first-order valence-electron chi connectivity index (χ1n) is 9.75. The number of anilines is 1. The van der Waals surface area contributed by atoms with Crippen LogP contribution in [0.25, 0.3) is 11.0 Å². The molecule has 4 heteroatoms. The van der Waals surface area contributed by atoms with Crippen molar-refractivity contribution in [3.05, 3.63) is 95.2 Å². The molecule has 0 radical (unpaired) electrons. The van der Waals surface area contributed by atoms with Crippen LogP contribution in [-0.4, -0.2) is 5.91 Å². The van der Waals surface area contributed by atoms with Crippen LogP contribution in [0.4, 0.5) is 5.69 Å². The van der Waals surface area contributed by atoms with E-state index in [0.717, 1.165) is 28.6 Å². The molecule has 0 aliphatic carbocycles. The molecule has 4 rings (SSSR count). The predicted molar refractivity (Wildman–Crippen MR) is 115 cm³/mol. The van der Waals surface area contributed by atoms with E-state index in [-0.39, 0.29) is 5.91 Å². The molecule has 29 heavy (non-hydrogen) atoms. The van der Waals surface area contributed by atoms with Crippen LogP contribution in [-0.2, 0) is 13.0 Å². The van der Waals surface area contributed by atoms with E-state index in [0.29, 0.717) is 29.3 Å². The van der Waals surface area contributed by atoms with Crippen molar-refractivity contribution in [1.82, 2.24) is 0 Å². The van der Waals surface area contributed by atoms with Gasteiger partial charge in [-0.05, 0) is 48.7 Å². The zero-order valence-corrected chi connectivity index (χ0v) is 16.6. The summed E-state index contributed by atoms with van der Waals surface area (Å²) >= 11 is 0. The van der Waals surface area contributed by atoms with Crippen molar-refractivity contribution >= 4 is 22.6 Å². The first kappa shape index (κ1) is 18.8. The van der Waals surface area contributed by atoms with Gasteiger partial charge in [0.05, 0.1) is 5.56 Å². The smallest absolute Gasteiger partial charge is 0.259 e. The predicted octanol–water partition coefficient (Wildman–Crippen LogP) is 6.13. The van der Waals surface area contributed by atoms with Crippen LogP contribution in [0, 0.1) is 6.92 Å². The van der Waals surface area contributed by atoms with E-state index in [4.69, 9.17) is 9.15 Å². The van der Waals surface area contributed by atoms with Crippen LogP contribution < -0.4 is 10.1 Å². The molecule has 0 saturated carbocycles. The van der Waals surface area contributed by atoms with Crippen LogP contribution >= 0.6 is 0 Å². The monoisotopic (exact) mass is 385 g/mol. The third-order valence-corrected chi connectivity index (χ3v) is 4.96. The number of aryl methyl sites for hydroxylation is 2. The molecule has 0 saturated heterocycles. The topological polar surface area (TPSA) is 51.5 Å². The Morgan fingerprint density at radius 2 is 1.76 bits per heavy atom. The molecule has 0 unspecified atom stereocenters. The fourth-order valence-corrected chi connectivity index (χ4v) is 3.45. The first-order chi connectivity index (χ1) is 14.2. The Morgan fingerprint density at radius 1 is 1.00 bits per heavy atom. The number of carbonyl (C=O) groups excluding carboxylic acids is 1. The van der Waals surface area contributed by atoms with E-state index in [1.165, 1.54) is 0 Å². The minimum absolute atomic E-state index is 0.178. The second kappa shape index (κ2) is 8.23. The maximum atomic E-state index is 13.1. The molecule has 0 bridgehead atoms. The minimum atomic E-state index is -0.178. The van der Waals surface area contributed by atoms with E-state index >= 15 is 0 Å². The second-order valence-electron chi connectivity index (χ2n) is 6.93. The molecule has 4 aromatic rings. The molecule has 3 aromatic carbocycles. The highest BCUT2D eigenvalue weighted by Gasteiger charge is 2.19. The lowest BCUT2D eigenvalue weighted by atomic mass is 10.1. The van der Waals surface area contributed by atoms with Gasteiger partial charge in [-0.25, -0.2) is 0 Å². The van der Waals surface area contributed by atoms with Crippen LogP contribution in [0.5, 0.6) is 5.75 Å². The summed E-state index contributed by atoms with van der Waals surface area (Å²) in [5, 5.41) is 3.78. The van der Waals surface area contributed by atoms with Crippen LogP contribution in [0.15, 0.2) is 77.2 Å². The fraction of sp³-hybridized carbons (Fsp3) is 0.160. The lowest BCUT2D eigenvalue weighted by Gasteiger charge is -2.10. The van der Waals surface area contributed by atoms with E-state index in [1.807, 2.05) is 79.7 Å². The van der Waals surface area contributed by atoms with Crippen molar-refractivity contribution in [2.45, 2.75) is 26.9 Å². The maximum absolute atomic E-state index is 13.1. The van der Waals surface area contributed by atoms with Crippen molar-refractivity contribution < 1.29 is 13.9 Å². The highest BCUT2D eigenvalue weighted by Crippen LogP contribution is 2.30. The second-order valence-corrected chi connectivity index (χ2v) is 6.93. The number of nitrogens with one attached hydrogen (secondary N) is 1. The molecule has 0 aliphatic rings. The van der Waals surface area contributed by atoms with E-state index in [2.05, 4.69) is 12.2 Å². The van der Waals surface area contributed by atoms with Gasteiger partial charge in [0.15, 0.2) is 0 Å². The standard InChI is InChI=1S/C25H23NO3/c1-3-19-11-7-8-12-22(19)26-25(27)24-17(2)29-23-14-13-20(15-21(23)24)28-16-18-9-5-4-6-10-18/h4-15H,3,16H2,1-2H3,(H,26,27). The van der Waals surface area contributed by atoms with E-state index < -0.39 is 0 Å². The van der Waals surface area contributed by atoms with Crippen molar-refractivity contribution in [2.75, 3.05) is 5.32 Å². The average molecular weight is 385 g/mol. The van der Waals surface area contributed by atoms with E-state index in [9.17, 15) is 4.79 Å². The number of fused-ring (bicyclic) bond motifs is 1. The number of hydrogen-bond donors (Lipinski definition) is 1. The van der Waals surface area contributed by atoms with Crippen molar-refractivity contribution in [3.8, 4) is 5.75 Å². The van der Waals surface area contributed by atoms with Crippen LogP contribution in [0.2, 0.25) is 0 Å². The molecule has 146 valence electrons. The Balaban J connectivity index is 1.61. The summed E-state index contributed by atoms with van der Waals surface area (Å²) in [5.74, 6) is 1.11. The molecule has 0 spiro atoms. The molecule has 0 fully saturated rings. The molecular weight excluding hydrogens is 362 g/mol. The van der Waals surface area contributed by atoms with Crippen LogP contribution in [0.1, 0.15) is 34.2 Å². The lowest BCUT2D eigenvalue weighted by molar-refractivity contribution is 0.102. The van der Waals surface area contributed by atoms with Gasteiger partial charge < -0.3 is 14.5 Å². The zero-order chi connectivity index (χ0) is 20.2. The Labute approximate surface area is 170 Å². The van der Waals surface area contributed by atoms with Gasteiger partial charge in [0.2, 0.25) is 0 Å². The third kappa shape index (κ3) is 4.02. The van der Waals surface area contributed by atoms with Gasteiger partial charge in [-0.15, -0.1) is 0 Å². The SMILES string of the molecule is CCc1ccccc1NC(=O)c1c(C)oc2ccc(OCc3ccccc3)cc12. The Morgan fingerprint density at radius 3 is 2.55 bits per heavy atom. The number of rotatable bonds is 6. The summed E-state index contributed by atoms with van der Waals surface area (Å²) in [4.78, 5) is 13.1. The number of hydrogen-bond acceptors (Lipinski definition) is 3. The van der Waals surface area contributed by atoms with Crippen molar-refractivity contribution in [3.63, 3.8) is 0 Å². The molecule has 0 atom stereocenters. The molecular formula is C25H23NO3. The Kier molecular flexibility index (Phi) is 5.34. The number of para-hydroxylation sites is 1. The number of carbonyl (C=O) groups is 1. The van der Waals surface area contributed by atoms with Crippen LogP contribution in [0.3, 0.4) is 0 Å². The number of furan rings is 1. The highest BCUT2D eigenvalue weighted by atomic mass is 16.5. The Hall–Kier alpha value is -3.53. The van der Waals surface area contributed by atoms with Gasteiger partial charge in [0.25, 0.3) is 5.91 Å². The van der Waals surface area contributed by atoms with Gasteiger partial charge in [-0.2, -0.15) is 0 Å². The first-order valence-corrected chi connectivity index (χ1v) is 9.75. The summed E-state index contributed by atoms with van der Waals surface area (Å²) in [6, 6.07) is 23.4. The number of benzene rings is 3. The summed E-state index contributed by atoms with van der Waals surface area (Å²) in [6.45, 7) is 4.35. The Bertz CT molecular complexity index is 1150. The van der Waals surface area contributed by atoms with Gasteiger partial charge in [0.1, 0.15) is 23.7 Å². The summed E-state index contributed by atoms with van der Waals surface area (Å²) in [5.41, 5.74) is 4.22. The van der Waals surface area contributed by atoms with Gasteiger partial charge in [0, 0.05) is 11.1 Å².